The van der Waals surface area contributed by atoms with Gasteiger partial charge in [0.05, 0.1) is 5.92 Å². The summed E-state index contributed by atoms with van der Waals surface area (Å²) in [6, 6.07) is 17.5. The first-order chi connectivity index (χ1) is 14.7. The molecule has 156 valence electrons. The van der Waals surface area contributed by atoms with Gasteiger partial charge in [0, 0.05) is 31.6 Å². The van der Waals surface area contributed by atoms with Crippen molar-refractivity contribution >= 4 is 12.0 Å². The molecule has 3 heteroatoms. The van der Waals surface area contributed by atoms with E-state index in [1.807, 2.05) is 6.08 Å². The fourth-order valence-electron chi connectivity index (χ4n) is 6.17. The Hall–Kier alpha value is -2.39. The number of carbonyl (C=O) groups is 1. The van der Waals surface area contributed by atoms with E-state index in [9.17, 15) is 4.79 Å². The fourth-order valence-corrected chi connectivity index (χ4v) is 6.17. The molecule has 2 atom stereocenters. The van der Waals surface area contributed by atoms with E-state index < -0.39 is 0 Å². The van der Waals surface area contributed by atoms with E-state index in [1.165, 1.54) is 22.3 Å². The smallest absolute Gasteiger partial charge is 0.227 e. The van der Waals surface area contributed by atoms with Gasteiger partial charge in [0.2, 0.25) is 5.91 Å². The van der Waals surface area contributed by atoms with E-state index in [0.717, 1.165) is 58.3 Å². The Morgan fingerprint density at radius 3 is 2.70 bits per heavy atom. The number of carbonyl (C=O) groups excluding carboxylic acids is 1. The van der Waals surface area contributed by atoms with Crippen molar-refractivity contribution in [1.29, 1.82) is 0 Å². The Morgan fingerprint density at radius 1 is 1.13 bits per heavy atom. The largest absolute Gasteiger partial charge is 0.342 e. The maximum Gasteiger partial charge on any atom is 0.227 e. The van der Waals surface area contributed by atoms with Gasteiger partial charge in [0.15, 0.2) is 0 Å². The molecule has 2 unspecified atom stereocenters. The second-order valence-electron chi connectivity index (χ2n) is 9.32. The molecule has 1 N–H and O–H groups in total. The van der Waals surface area contributed by atoms with Gasteiger partial charge in [-0.25, -0.2) is 0 Å². The number of likely N-dealkylation sites (tertiary alicyclic amines) is 1. The number of piperidine rings is 1. The molecule has 2 saturated heterocycles. The molecule has 2 aliphatic heterocycles. The summed E-state index contributed by atoms with van der Waals surface area (Å²) < 4.78 is 0. The molecule has 2 aromatic carbocycles. The third kappa shape index (κ3) is 3.30. The Morgan fingerprint density at radius 2 is 1.93 bits per heavy atom. The molecule has 1 spiro atoms. The maximum atomic E-state index is 13.7. The average molecular weight is 401 g/mol. The zero-order chi connectivity index (χ0) is 20.6. The van der Waals surface area contributed by atoms with Crippen LogP contribution in [0.15, 0.2) is 55.1 Å². The molecule has 0 radical (unpaired) electrons. The third-order valence-electron chi connectivity index (χ3n) is 7.80. The highest BCUT2D eigenvalue weighted by Gasteiger charge is 2.51. The van der Waals surface area contributed by atoms with Crippen LogP contribution in [0.5, 0.6) is 0 Å². The van der Waals surface area contributed by atoms with Crippen LogP contribution in [0.2, 0.25) is 0 Å². The fraction of sp³-hybridized carbons (Fsp3) is 0.444. The monoisotopic (exact) mass is 400 g/mol. The lowest BCUT2D eigenvalue weighted by molar-refractivity contribution is -0.138. The van der Waals surface area contributed by atoms with Crippen molar-refractivity contribution in [1.82, 2.24) is 10.2 Å². The Bertz CT molecular complexity index is 929. The van der Waals surface area contributed by atoms with E-state index >= 15 is 0 Å². The van der Waals surface area contributed by atoms with Gasteiger partial charge >= 0.3 is 0 Å². The summed E-state index contributed by atoms with van der Waals surface area (Å²) in [5.41, 5.74) is 5.39. The molecule has 0 bridgehead atoms. The lowest BCUT2D eigenvalue weighted by Crippen LogP contribution is -2.49. The molecule has 1 aliphatic carbocycles. The van der Waals surface area contributed by atoms with E-state index in [2.05, 4.69) is 65.3 Å². The lowest BCUT2D eigenvalue weighted by Gasteiger charge is -2.42. The van der Waals surface area contributed by atoms with Crippen molar-refractivity contribution in [2.24, 2.45) is 5.92 Å². The van der Waals surface area contributed by atoms with Crippen molar-refractivity contribution in [3.63, 3.8) is 0 Å². The molecule has 30 heavy (non-hydrogen) atoms. The summed E-state index contributed by atoms with van der Waals surface area (Å²) in [7, 11) is 0. The summed E-state index contributed by atoms with van der Waals surface area (Å²) >= 11 is 0. The summed E-state index contributed by atoms with van der Waals surface area (Å²) in [5.74, 6) is 1.00. The Balaban J connectivity index is 1.35. The van der Waals surface area contributed by atoms with E-state index in [0.29, 0.717) is 11.8 Å². The van der Waals surface area contributed by atoms with Gasteiger partial charge in [-0.1, -0.05) is 61.2 Å². The van der Waals surface area contributed by atoms with Gasteiger partial charge in [0.1, 0.15) is 0 Å². The molecule has 1 amide bonds. The van der Waals surface area contributed by atoms with Gasteiger partial charge in [-0.3, -0.25) is 4.79 Å². The number of amides is 1. The zero-order valence-corrected chi connectivity index (χ0v) is 17.8. The first-order valence-corrected chi connectivity index (χ1v) is 11.5. The first kappa shape index (κ1) is 19.6. The first-order valence-electron chi connectivity index (χ1n) is 11.5. The molecule has 5 rings (SSSR count). The number of fused-ring (bicyclic) bond motifs is 2. The predicted molar refractivity (Wildman–Crippen MR) is 123 cm³/mol. The Labute approximate surface area is 180 Å². The predicted octanol–water partition coefficient (Wildman–Crippen LogP) is 4.53. The normalized spacial score (nSPS) is 26.5. The summed E-state index contributed by atoms with van der Waals surface area (Å²) in [6.07, 6.45) is 7.45. The molecule has 0 aromatic heterocycles. The third-order valence-corrected chi connectivity index (χ3v) is 7.80. The number of benzene rings is 2. The van der Waals surface area contributed by atoms with Gasteiger partial charge < -0.3 is 10.2 Å². The highest BCUT2D eigenvalue weighted by molar-refractivity contribution is 5.82. The van der Waals surface area contributed by atoms with Crippen LogP contribution >= 0.6 is 0 Å². The minimum Gasteiger partial charge on any atom is -0.342 e. The van der Waals surface area contributed by atoms with Crippen LogP contribution < -0.4 is 5.32 Å². The Kier molecular flexibility index (Phi) is 5.24. The van der Waals surface area contributed by atoms with Crippen LogP contribution in [-0.2, 0) is 16.6 Å². The number of nitrogens with zero attached hydrogens (tertiary/aromatic N) is 1. The number of rotatable bonds is 3. The van der Waals surface area contributed by atoms with Crippen LogP contribution in [0.4, 0.5) is 0 Å². The minimum atomic E-state index is -0.0410. The van der Waals surface area contributed by atoms with Crippen LogP contribution in [0, 0.1) is 5.92 Å². The maximum absolute atomic E-state index is 13.7. The number of hydrogen-bond donors (Lipinski definition) is 1. The molecular weight excluding hydrogens is 368 g/mol. The second-order valence-corrected chi connectivity index (χ2v) is 9.32. The van der Waals surface area contributed by atoms with Gasteiger partial charge in [-0.05, 0) is 60.3 Å². The van der Waals surface area contributed by atoms with Crippen LogP contribution in [-0.4, -0.2) is 37.0 Å². The number of aryl methyl sites for hydroxylation is 1. The van der Waals surface area contributed by atoms with Crippen LogP contribution in [0.1, 0.15) is 53.9 Å². The van der Waals surface area contributed by atoms with Gasteiger partial charge in [0.25, 0.3) is 0 Å². The molecule has 3 aliphatic rings. The van der Waals surface area contributed by atoms with E-state index in [1.54, 1.807) is 0 Å². The zero-order valence-electron chi connectivity index (χ0n) is 17.8. The molecular formula is C27H32N2O. The topological polar surface area (TPSA) is 32.3 Å². The summed E-state index contributed by atoms with van der Waals surface area (Å²) in [4.78, 5) is 15.9. The highest BCUT2D eigenvalue weighted by Crippen LogP contribution is 2.46. The van der Waals surface area contributed by atoms with Crippen molar-refractivity contribution in [2.75, 3.05) is 26.2 Å². The summed E-state index contributed by atoms with van der Waals surface area (Å²) in [6.45, 7) is 7.42. The molecule has 3 nitrogen and oxygen atoms in total. The summed E-state index contributed by atoms with van der Waals surface area (Å²) in [5, 5.41) is 3.59. The molecule has 2 heterocycles. The quantitative estimate of drug-likeness (QED) is 0.821. The van der Waals surface area contributed by atoms with E-state index in [-0.39, 0.29) is 11.3 Å². The van der Waals surface area contributed by atoms with Gasteiger partial charge in [-0.15, -0.1) is 0 Å². The van der Waals surface area contributed by atoms with Crippen molar-refractivity contribution < 1.29 is 4.79 Å². The lowest BCUT2D eigenvalue weighted by atomic mass is 9.64. The van der Waals surface area contributed by atoms with Gasteiger partial charge in [-0.2, -0.15) is 0 Å². The van der Waals surface area contributed by atoms with Crippen molar-refractivity contribution in [2.45, 2.75) is 43.4 Å². The van der Waals surface area contributed by atoms with E-state index in [4.69, 9.17) is 0 Å². The second kappa shape index (κ2) is 8.03. The van der Waals surface area contributed by atoms with Crippen LogP contribution in [0.3, 0.4) is 0 Å². The minimum absolute atomic E-state index is 0.0410. The highest BCUT2D eigenvalue weighted by atomic mass is 16.2. The number of nitrogens with one attached hydrogen (secondary N) is 1. The standard InChI is InChI=1S/C27H32N2O/c1-2-20-10-11-24-23(17-20)9-6-14-27(24)19-28-18-25(27)26(30)29-15-12-22(13-16-29)21-7-4-3-5-8-21/h2-5,7-8,10-11,17,22,25,28H,1,6,9,12-16,18-19H2. The van der Waals surface area contributed by atoms with Crippen molar-refractivity contribution in [3.8, 4) is 0 Å². The molecule has 2 aromatic rings. The molecule has 0 saturated carbocycles. The molecule has 2 fully saturated rings. The number of hydrogen-bond acceptors (Lipinski definition) is 2. The van der Waals surface area contributed by atoms with Crippen LogP contribution in [0.25, 0.3) is 6.08 Å². The van der Waals surface area contributed by atoms with Crippen molar-refractivity contribution in [3.05, 3.63) is 77.4 Å². The average Bonchev–Trinajstić information content (AvgIpc) is 3.23. The SMILES string of the molecule is C=Cc1ccc2c(c1)CCCC21CNCC1C(=O)N1CCC(c2ccccc2)CC1.